The molecular formula is C34H40N2NiSi2-. The number of fused-ring (bicyclic) bond motifs is 3. The monoisotopic (exact) mass is 590 g/mol. The van der Waals surface area contributed by atoms with Gasteiger partial charge in [0.05, 0.1) is 14.5 Å². The van der Waals surface area contributed by atoms with Gasteiger partial charge in [-0.2, -0.15) is 0 Å². The average Bonchev–Trinajstić information content (AvgIpc) is 3.23. The van der Waals surface area contributed by atoms with Crippen LogP contribution in [0, 0.1) is 6.07 Å². The third-order valence-corrected chi connectivity index (χ3v) is 17.1. The van der Waals surface area contributed by atoms with Crippen molar-refractivity contribution in [3.05, 3.63) is 79.0 Å². The predicted octanol–water partition coefficient (Wildman–Crippen LogP) is 7.49. The van der Waals surface area contributed by atoms with E-state index in [2.05, 4.69) is 93.3 Å². The summed E-state index contributed by atoms with van der Waals surface area (Å²) < 4.78 is 0. The Bertz CT molecular complexity index is 1380. The molecule has 0 spiro atoms. The van der Waals surface area contributed by atoms with Crippen molar-refractivity contribution in [3.8, 4) is 33.8 Å². The van der Waals surface area contributed by atoms with Crippen LogP contribution < -0.4 is 15.6 Å². The molecule has 0 atom stereocenters. The minimum absolute atomic E-state index is 0. The number of rotatable bonds is 11. The fourth-order valence-electron chi connectivity index (χ4n) is 6.64. The predicted molar refractivity (Wildman–Crippen MR) is 168 cm³/mol. The van der Waals surface area contributed by atoms with Crippen molar-refractivity contribution < 1.29 is 16.5 Å². The Balaban J connectivity index is 0.00000353. The van der Waals surface area contributed by atoms with Crippen LogP contribution in [-0.2, 0) is 16.5 Å². The number of hydrogen-bond donors (Lipinski definition) is 0. The van der Waals surface area contributed by atoms with Crippen LogP contribution in [0.1, 0.15) is 53.4 Å². The number of nitrogens with zero attached hydrogens (tertiary/aromatic N) is 2. The van der Waals surface area contributed by atoms with E-state index in [9.17, 15) is 0 Å². The first-order valence-electron chi connectivity index (χ1n) is 14.6. The van der Waals surface area contributed by atoms with Crippen molar-refractivity contribution >= 4 is 32.4 Å². The second kappa shape index (κ2) is 13.3. The largest absolute Gasteiger partial charge is 0.295 e. The summed E-state index contributed by atoms with van der Waals surface area (Å²) in [6.45, 7) is 9.45. The molecule has 0 saturated carbocycles. The molecule has 4 aromatic rings. The zero-order valence-corrected chi connectivity index (χ0v) is 26.8. The Morgan fingerprint density at radius 2 is 1.38 bits per heavy atom. The standard InChI is InChI=1S/C34H40N2Si2.Ni/c1-5-21-37(22-6-2)30-16-12-17-31-33(30)34-32(38(31,23-7-3)24-8-4)19-18-29(36-34)27-14-11-13-26(25-27)28-15-9-10-20-35-28;/h9-20H,5-8,21-24H2,1-4H3;/q-1;. The number of hydrogen-bond acceptors (Lipinski definition) is 2. The van der Waals surface area contributed by atoms with Gasteiger partial charge in [0.25, 0.3) is 0 Å². The third-order valence-electron chi connectivity index (χ3n) is 8.08. The molecule has 0 aliphatic carbocycles. The quantitative estimate of drug-likeness (QED) is 0.133. The van der Waals surface area contributed by atoms with Crippen LogP contribution in [-0.4, -0.2) is 26.8 Å². The summed E-state index contributed by atoms with van der Waals surface area (Å²) in [4.78, 5) is 10.1. The Kier molecular flexibility index (Phi) is 10.1. The molecular weight excluding hydrogens is 551 g/mol. The first kappa shape index (κ1) is 29.6. The van der Waals surface area contributed by atoms with Gasteiger partial charge >= 0.3 is 0 Å². The van der Waals surface area contributed by atoms with Gasteiger partial charge in [0.15, 0.2) is 0 Å². The summed E-state index contributed by atoms with van der Waals surface area (Å²) in [6, 6.07) is 33.4. The van der Waals surface area contributed by atoms with Gasteiger partial charge in [0, 0.05) is 34.1 Å². The molecule has 0 fully saturated rings. The van der Waals surface area contributed by atoms with Crippen LogP contribution >= 0.6 is 0 Å². The topological polar surface area (TPSA) is 25.8 Å². The molecule has 2 nitrogen and oxygen atoms in total. The molecule has 0 unspecified atom stereocenters. The molecule has 2 aromatic heterocycles. The van der Waals surface area contributed by atoms with Gasteiger partial charge < -0.3 is 0 Å². The normalized spacial score (nSPS) is 13.2. The van der Waals surface area contributed by atoms with Crippen molar-refractivity contribution in [1.29, 1.82) is 0 Å². The SMILES string of the molecule is CCC[Si](CCC)c1cccc2c1-c1nc(-c3[c-]c(-c4ccccn4)ccc3)ccc1[Si]2(CCC)CCC.[Ni]. The van der Waals surface area contributed by atoms with Gasteiger partial charge in [-0.25, -0.2) is 0 Å². The molecule has 5 heteroatoms. The summed E-state index contributed by atoms with van der Waals surface area (Å²) in [5, 5.41) is 4.91. The van der Waals surface area contributed by atoms with E-state index in [-0.39, 0.29) is 16.5 Å². The van der Waals surface area contributed by atoms with Gasteiger partial charge in [-0.15, -0.1) is 24.3 Å². The van der Waals surface area contributed by atoms with Gasteiger partial charge in [-0.05, 0) is 34.1 Å². The Morgan fingerprint density at radius 1 is 0.692 bits per heavy atom. The summed E-state index contributed by atoms with van der Waals surface area (Å²) in [5.74, 6) is 0. The first-order valence-corrected chi connectivity index (χ1v) is 18.9. The van der Waals surface area contributed by atoms with E-state index in [1.54, 1.807) is 15.6 Å². The van der Waals surface area contributed by atoms with E-state index in [4.69, 9.17) is 4.98 Å². The number of aromatic nitrogens is 2. The first-order chi connectivity index (χ1) is 18.7. The molecule has 2 aromatic carbocycles. The number of benzene rings is 2. The molecule has 5 rings (SSSR count). The smallest absolute Gasteiger partial charge is 0.121 e. The molecule has 3 heterocycles. The van der Waals surface area contributed by atoms with Crippen molar-refractivity contribution in [2.24, 2.45) is 0 Å². The maximum atomic E-state index is 5.52. The Labute approximate surface area is 248 Å². The van der Waals surface area contributed by atoms with Crippen LogP contribution in [0.5, 0.6) is 0 Å². The second-order valence-electron chi connectivity index (χ2n) is 10.7. The van der Waals surface area contributed by atoms with E-state index in [1.807, 2.05) is 18.3 Å². The van der Waals surface area contributed by atoms with Crippen molar-refractivity contribution in [2.75, 3.05) is 0 Å². The molecule has 1 aliphatic rings. The summed E-state index contributed by atoms with van der Waals surface area (Å²) in [6.07, 6.45) is 6.84. The zero-order chi connectivity index (χ0) is 26.5. The van der Waals surface area contributed by atoms with Crippen LogP contribution in [0.4, 0.5) is 0 Å². The Hall–Kier alpha value is -2.33. The minimum atomic E-state index is -1.85. The van der Waals surface area contributed by atoms with Crippen molar-refractivity contribution in [3.63, 3.8) is 0 Å². The fourth-order valence-corrected chi connectivity index (χ4v) is 15.2. The minimum Gasteiger partial charge on any atom is -0.295 e. The van der Waals surface area contributed by atoms with E-state index in [1.165, 1.54) is 61.1 Å². The van der Waals surface area contributed by atoms with E-state index >= 15 is 0 Å². The summed E-state index contributed by atoms with van der Waals surface area (Å²) in [5.41, 5.74) is 6.88. The molecule has 1 aliphatic heterocycles. The zero-order valence-electron chi connectivity index (χ0n) is 23.8. The van der Waals surface area contributed by atoms with Crippen LogP contribution in [0.3, 0.4) is 0 Å². The molecule has 205 valence electrons. The fraction of sp³-hybridized carbons (Fsp3) is 0.353. The molecule has 39 heavy (non-hydrogen) atoms. The van der Waals surface area contributed by atoms with Crippen molar-refractivity contribution in [2.45, 2.75) is 77.6 Å². The summed E-state index contributed by atoms with van der Waals surface area (Å²) in [7, 11) is -2.47. The van der Waals surface area contributed by atoms with E-state index in [0.717, 1.165) is 22.5 Å². The van der Waals surface area contributed by atoms with E-state index < -0.39 is 16.9 Å². The summed E-state index contributed by atoms with van der Waals surface area (Å²) >= 11 is 0. The molecule has 0 N–H and O–H groups in total. The number of pyridine rings is 2. The molecule has 0 saturated heterocycles. The van der Waals surface area contributed by atoms with Gasteiger partial charge in [-0.3, -0.25) is 9.97 Å². The van der Waals surface area contributed by atoms with E-state index in [0.29, 0.717) is 0 Å². The molecule has 0 bridgehead atoms. The van der Waals surface area contributed by atoms with Crippen LogP contribution in [0.2, 0.25) is 24.2 Å². The molecule has 1 radical (unpaired) electrons. The average molecular weight is 592 g/mol. The second-order valence-corrected chi connectivity index (χ2v) is 17.7. The maximum absolute atomic E-state index is 5.52. The Morgan fingerprint density at radius 3 is 2.03 bits per heavy atom. The van der Waals surface area contributed by atoms with Crippen LogP contribution in [0.25, 0.3) is 33.8 Å². The van der Waals surface area contributed by atoms with Gasteiger partial charge in [0.2, 0.25) is 0 Å². The molecule has 0 amide bonds. The van der Waals surface area contributed by atoms with Crippen molar-refractivity contribution in [1.82, 2.24) is 9.97 Å². The van der Waals surface area contributed by atoms with Gasteiger partial charge in [-0.1, -0.05) is 124 Å². The van der Waals surface area contributed by atoms with Gasteiger partial charge in [0.1, 0.15) is 8.07 Å². The maximum Gasteiger partial charge on any atom is 0.121 e. The van der Waals surface area contributed by atoms with Crippen LogP contribution in [0.15, 0.2) is 72.9 Å². The third kappa shape index (κ3) is 5.64.